The predicted molar refractivity (Wildman–Crippen MR) is 120 cm³/mol. The predicted octanol–water partition coefficient (Wildman–Crippen LogP) is 5.35. The van der Waals surface area contributed by atoms with Crippen molar-refractivity contribution in [2.24, 2.45) is 0 Å². The van der Waals surface area contributed by atoms with Crippen molar-refractivity contribution < 1.29 is 35.7 Å². The van der Waals surface area contributed by atoms with Gasteiger partial charge in [-0.3, -0.25) is 0 Å². The highest BCUT2D eigenvalue weighted by Crippen LogP contribution is 2.43. The first-order chi connectivity index (χ1) is 16.0. The zero-order valence-corrected chi connectivity index (χ0v) is 19.5. The van der Waals surface area contributed by atoms with Crippen LogP contribution >= 0.6 is 0 Å². The average molecular weight is 498 g/mol. The Morgan fingerprint density at radius 3 is 2.47 bits per heavy atom. The third kappa shape index (κ3) is 4.87. The Hall–Kier alpha value is -2.75. The van der Waals surface area contributed by atoms with E-state index in [0.717, 1.165) is 35.1 Å². The van der Waals surface area contributed by atoms with Gasteiger partial charge in [0.25, 0.3) is 0 Å². The van der Waals surface area contributed by atoms with Crippen molar-refractivity contribution in [1.82, 2.24) is 4.90 Å². The van der Waals surface area contributed by atoms with Crippen molar-refractivity contribution in [3.63, 3.8) is 0 Å². The van der Waals surface area contributed by atoms with Gasteiger partial charge in [0.05, 0.1) is 0 Å². The maximum absolute atomic E-state index is 12.9. The normalized spacial score (nSPS) is 19.2. The second-order valence-corrected chi connectivity index (χ2v) is 10.5. The molecule has 1 N–H and O–H groups in total. The molecule has 0 aromatic heterocycles. The highest BCUT2D eigenvalue weighted by atomic mass is 32.2. The van der Waals surface area contributed by atoms with E-state index in [9.17, 15) is 26.4 Å². The molecule has 1 atom stereocenters. The lowest BCUT2D eigenvalue weighted by Gasteiger charge is -2.30. The Labute approximate surface area is 196 Å². The molecule has 6 nitrogen and oxygen atoms in total. The first-order valence-electron chi connectivity index (χ1n) is 11.2. The molecule has 0 radical (unpaired) electrons. The minimum absolute atomic E-state index is 0.155. The molecule has 0 bridgehead atoms. The van der Waals surface area contributed by atoms with Crippen LogP contribution in [0.15, 0.2) is 36.4 Å². The number of aryl methyl sites for hydroxylation is 2. The largest absolute Gasteiger partial charge is 0.534 e. The molecule has 2 aromatic carbocycles. The van der Waals surface area contributed by atoms with Gasteiger partial charge in [-0.25, -0.2) is 4.79 Å². The van der Waals surface area contributed by atoms with E-state index in [2.05, 4.69) is 10.2 Å². The van der Waals surface area contributed by atoms with Crippen LogP contribution in [0.5, 0.6) is 5.75 Å². The van der Waals surface area contributed by atoms with Gasteiger partial charge in [0.2, 0.25) is 0 Å². The van der Waals surface area contributed by atoms with Crippen LogP contribution in [0.1, 0.15) is 58.9 Å². The molecule has 2 aliphatic rings. The number of nitrogens with zero attached hydrogens (tertiary/aromatic N) is 1. The number of likely N-dealkylation sites (tertiary alicyclic amines) is 1. The van der Waals surface area contributed by atoms with E-state index in [0.29, 0.717) is 37.9 Å². The first-order valence-corrected chi connectivity index (χ1v) is 12.6. The fourth-order valence-electron chi connectivity index (χ4n) is 5.06. The SMILES string of the molecule is Cc1cc(C2CCN(C(=O)O)CC2)ccc1CC1CCc2cccc(OS(=O)(=O)C(F)(F)F)c21. The lowest BCUT2D eigenvalue weighted by Crippen LogP contribution is -2.36. The minimum Gasteiger partial charge on any atom is -0.465 e. The Bertz CT molecular complexity index is 1190. The van der Waals surface area contributed by atoms with E-state index < -0.39 is 21.7 Å². The summed E-state index contributed by atoms with van der Waals surface area (Å²) in [6.07, 6.45) is 2.51. The number of carbonyl (C=O) groups is 1. The molecular formula is C24H26F3NO5S. The van der Waals surface area contributed by atoms with Crippen LogP contribution < -0.4 is 4.18 Å². The van der Waals surface area contributed by atoms with Gasteiger partial charge < -0.3 is 14.2 Å². The standard InChI is InChI=1S/C24H26F3NO5S/c1-15-13-19(16-9-11-28(12-10-16)23(29)30)7-6-18(15)14-20-8-5-17-3-2-4-21(22(17)20)33-34(31,32)24(25,26)27/h2-4,6-7,13,16,20H,5,8-12,14H2,1H3,(H,29,30). The van der Waals surface area contributed by atoms with E-state index in [1.807, 2.05) is 19.1 Å². The second-order valence-electron chi connectivity index (χ2n) is 8.98. The summed E-state index contributed by atoms with van der Waals surface area (Å²) >= 11 is 0. The zero-order valence-electron chi connectivity index (χ0n) is 18.6. The summed E-state index contributed by atoms with van der Waals surface area (Å²) in [7, 11) is -5.74. The first kappa shape index (κ1) is 24.4. The highest BCUT2D eigenvalue weighted by Gasteiger charge is 2.49. The van der Waals surface area contributed by atoms with Gasteiger partial charge in [-0.05, 0) is 79.2 Å². The molecule has 1 amide bonds. The number of hydrogen-bond acceptors (Lipinski definition) is 4. The van der Waals surface area contributed by atoms with Crippen LogP contribution in [-0.4, -0.2) is 43.1 Å². The third-order valence-electron chi connectivity index (χ3n) is 6.88. The molecule has 34 heavy (non-hydrogen) atoms. The molecule has 2 aromatic rings. The van der Waals surface area contributed by atoms with Crippen molar-refractivity contribution in [3.8, 4) is 5.75 Å². The van der Waals surface area contributed by atoms with E-state index in [1.165, 1.54) is 17.0 Å². The Morgan fingerprint density at radius 1 is 1.15 bits per heavy atom. The monoisotopic (exact) mass is 497 g/mol. The number of rotatable bonds is 5. The molecule has 4 rings (SSSR count). The van der Waals surface area contributed by atoms with Crippen LogP contribution in [0.3, 0.4) is 0 Å². The van der Waals surface area contributed by atoms with Gasteiger partial charge in [0.15, 0.2) is 0 Å². The van der Waals surface area contributed by atoms with Crippen molar-refractivity contribution in [1.29, 1.82) is 0 Å². The zero-order chi connectivity index (χ0) is 24.7. The topological polar surface area (TPSA) is 83.9 Å². The van der Waals surface area contributed by atoms with Gasteiger partial charge in [-0.15, -0.1) is 0 Å². The number of benzene rings is 2. The van der Waals surface area contributed by atoms with E-state index in [4.69, 9.17) is 5.11 Å². The quantitative estimate of drug-likeness (QED) is 0.445. The van der Waals surface area contributed by atoms with Gasteiger partial charge >= 0.3 is 21.7 Å². The average Bonchev–Trinajstić information content (AvgIpc) is 3.18. The summed E-state index contributed by atoms with van der Waals surface area (Å²) in [6.45, 7) is 2.99. The van der Waals surface area contributed by atoms with E-state index >= 15 is 0 Å². The lowest BCUT2D eigenvalue weighted by molar-refractivity contribution is -0.0500. The molecule has 1 heterocycles. The summed E-state index contributed by atoms with van der Waals surface area (Å²) < 4.78 is 66.4. The Morgan fingerprint density at radius 2 is 1.85 bits per heavy atom. The van der Waals surface area contributed by atoms with Crippen molar-refractivity contribution in [2.75, 3.05) is 13.1 Å². The van der Waals surface area contributed by atoms with Gasteiger partial charge in [-0.2, -0.15) is 21.6 Å². The smallest absolute Gasteiger partial charge is 0.465 e. The fraction of sp³-hybridized carbons (Fsp3) is 0.458. The van der Waals surface area contributed by atoms with E-state index in [-0.39, 0.29) is 17.6 Å². The number of piperidine rings is 1. The maximum Gasteiger partial charge on any atom is 0.534 e. The van der Waals surface area contributed by atoms with Crippen molar-refractivity contribution >= 4 is 16.2 Å². The molecular weight excluding hydrogens is 471 g/mol. The van der Waals surface area contributed by atoms with Gasteiger partial charge in [-0.1, -0.05) is 30.3 Å². The number of fused-ring (bicyclic) bond motifs is 1. The minimum atomic E-state index is -5.74. The van der Waals surface area contributed by atoms with Crippen LogP contribution in [0.25, 0.3) is 0 Å². The molecule has 0 spiro atoms. The number of hydrogen-bond donors (Lipinski definition) is 1. The number of halogens is 3. The van der Waals surface area contributed by atoms with E-state index in [1.54, 1.807) is 6.07 Å². The maximum atomic E-state index is 12.9. The Kier molecular flexibility index (Phi) is 6.54. The highest BCUT2D eigenvalue weighted by molar-refractivity contribution is 7.88. The van der Waals surface area contributed by atoms with Gasteiger partial charge in [0, 0.05) is 18.7 Å². The van der Waals surface area contributed by atoms with Crippen LogP contribution in [-0.2, 0) is 23.0 Å². The van der Waals surface area contributed by atoms with Crippen molar-refractivity contribution in [3.05, 3.63) is 64.2 Å². The summed E-state index contributed by atoms with van der Waals surface area (Å²) in [5.41, 5.74) is -0.916. The van der Waals surface area contributed by atoms with Crippen molar-refractivity contribution in [2.45, 2.75) is 56.4 Å². The summed E-state index contributed by atoms with van der Waals surface area (Å²) in [5.74, 6) is -0.127. The van der Waals surface area contributed by atoms with Gasteiger partial charge in [0.1, 0.15) is 5.75 Å². The number of amides is 1. The second kappa shape index (κ2) is 9.13. The van der Waals surface area contributed by atoms with Crippen LogP contribution in [0.4, 0.5) is 18.0 Å². The molecule has 1 fully saturated rings. The number of alkyl halides is 3. The molecule has 1 unspecified atom stereocenters. The summed E-state index contributed by atoms with van der Waals surface area (Å²) in [6, 6.07) is 10.7. The fourth-order valence-corrected chi connectivity index (χ4v) is 5.53. The summed E-state index contributed by atoms with van der Waals surface area (Å²) in [4.78, 5) is 12.6. The summed E-state index contributed by atoms with van der Waals surface area (Å²) in [5, 5.41) is 9.13. The Balaban J connectivity index is 1.52. The molecule has 1 aliphatic heterocycles. The number of carboxylic acid groups (broad SMARTS) is 1. The third-order valence-corrected chi connectivity index (χ3v) is 7.85. The lowest BCUT2D eigenvalue weighted by atomic mass is 9.85. The van der Waals surface area contributed by atoms with Crippen LogP contribution in [0.2, 0.25) is 0 Å². The molecule has 10 heteroatoms. The molecule has 1 aliphatic carbocycles. The molecule has 1 saturated heterocycles. The molecule has 0 saturated carbocycles. The molecule has 184 valence electrons. The van der Waals surface area contributed by atoms with Crippen LogP contribution in [0, 0.1) is 6.92 Å².